The van der Waals surface area contributed by atoms with E-state index in [4.69, 9.17) is 5.73 Å². The fourth-order valence-electron chi connectivity index (χ4n) is 2.68. The molecule has 0 saturated carbocycles. The van der Waals surface area contributed by atoms with Crippen molar-refractivity contribution in [3.05, 3.63) is 76.9 Å². The highest BCUT2D eigenvalue weighted by Crippen LogP contribution is 2.25. The lowest BCUT2D eigenvalue weighted by atomic mass is 10.0. The number of ketones is 2. The van der Waals surface area contributed by atoms with Crippen LogP contribution in [0.4, 0.5) is 10.1 Å². The second-order valence-electron chi connectivity index (χ2n) is 6.27. The summed E-state index contributed by atoms with van der Waals surface area (Å²) in [6.07, 6.45) is 1.02. The number of hydrogen-bond acceptors (Lipinski definition) is 6. The van der Waals surface area contributed by atoms with Crippen LogP contribution in [0.15, 0.2) is 65.2 Å². The van der Waals surface area contributed by atoms with E-state index in [2.05, 4.69) is 15.6 Å². The van der Waals surface area contributed by atoms with Gasteiger partial charge in [-0.2, -0.15) is 0 Å². The van der Waals surface area contributed by atoms with Crippen LogP contribution in [0.5, 0.6) is 0 Å². The molecular weight excluding hydrogens is 347 g/mol. The number of carbonyl (C=O) groups excluding carboxylic acids is 2. The van der Waals surface area contributed by atoms with Gasteiger partial charge in [0, 0.05) is 22.4 Å². The fourth-order valence-corrected chi connectivity index (χ4v) is 2.68. The Balaban J connectivity index is 1.89. The zero-order chi connectivity index (χ0) is 19.6. The zero-order valence-electron chi connectivity index (χ0n) is 14.9. The molecule has 0 bridgehead atoms. The van der Waals surface area contributed by atoms with E-state index in [1.807, 2.05) is 0 Å². The maximum absolute atomic E-state index is 14.3. The van der Waals surface area contributed by atoms with Crippen LogP contribution in [0.3, 0.4) is 0 Å². The number of nitrogens with zero attached hydrogens (tertiary/aromatic N) is 1. The first-order valence-corrected chi connectivity index (χ1v) is 8.30. The molecule has 0 aromatic heterocycles. The van der Waals surface area contributed by atoms with Crippen LogP contribution in [-0.4, -0.2) is 17.8 Å². The molecule has 27 heavy (non-hydrogen) atoms. The summed E-state index contributed by atoms with van der Waals surface area (Å²) in [6, 6.07) is 13.4. The van der Waals surface area contributed by atoms with Gasteiger partial charge in [-0.05, 0) is 32.0 Å². The van der Waals surface area contributed by atoms with Gasteiger partial charge in [-0.25, -0.2) is 9.38 Å². The van der Waals surface area contributed by atoms with Crippen LogP contribution in [0.2, 0.25) is 0 Å². The average molecular weight is 366 g/mol. The number of benzene rings is 2. The summed E-state index contributed by atoms with van der Waals surface area (Å²) in [5.41, 5.74) is 8.33. The van der Waals surface area contributed by atoms with E-state index in [1.165, 1.54) is 13.8 Å². The minimum absolute atomic E-state index is 0.0152. The number of aliphatic imine (C=N–C) groups is 1. The third-order valence-corrected chi connectivity index (χ3v) is 4.18. The number of halogens is 1. The third kappa shape index (κ3) is 3.93. The van der Waals surface area contributed by atoms with Gasteiger partial charge in [-0.1, -0.05) is 30.3 Å². The summed E-state index contributed by atoms with van der Waals surface area (Å²) < 4.78 is 14.3. The molecule has 1 heterocycles. The smallest absolute Gasteiger partial charge is 0.210 e. The van der Waals surface area contributed by atoms with Gasteiger partial charge in [-0.3, -0.25) is 15.3 Å². The van der Waals surface area contributed by atoms with Crippen molar-refractivity contribution in [3.63, 3.8) is 0 Å². The molecule has 1 unspecified atom stereocenters. The lowest BCUT2D eigenvalue weighted by Gasteiger charge is -2.32. The van der Waals surface area contributed by atoms with E-state index < -0.39 is 11.6 Å². The molecule has 0 saturated heterocycles. The van der Waals surface area contributed by atoms with Crippen molar-refractivity contribution >= 4 is 23.5 Å². The lowest BCUT2D eigenvalue weighted by molar-refractivity contribution is 0.100. The van der Waals surface area contributed by atoms with Crippen LogP contribution in [-0.2, 0) is 5.79 Å². The molecule has 2 aromatic carbocycles. The number of carbonyl (C=O) groups is 2. The minimum Gasteiger partial charge on any atom is -0.339 e. The van der Waals surface area contributed by atoms with Crippen molar-refractivity contribution in [2.75, 3.05) is 5.32 Å². The molecule has 0 spiro atoms. The van der Waals surface area contributed by atoms with Gasteiger partial charge in [0.25, 0.3) is 0 Å². The first-order chi connectivity index (χ1) is 12.8. The molecule has 0 radical (unpaired) electrons. The zero-order valence-corrected chi connectivity index (χ0v) is 14.9. The van der Waals surface area contributed by atoms with Gasteiger partial charge >= 0.3 is 0 Å². The van der Waals surface area contributed by atoms with Crippen molar-refractivity contribution in [2.24, 2.45) is 10.7 Å². The van der Waals surface area contributed by atoms with Crippen LogP contribution in [0, 0.1) is 0 Å². The highest BCUT2D eigenvalue weighted by atomic mass is 19.1. The third-order valence-electron chi connectivity index (χ3n) is 4.18. The Morgan fingerprint density at radius 3 is 2.37 bits per heavy atom. The monoisotopic (exact) mass is 366 g/mol. The molecule has 7 heteroatoms. The summed E-state index contributed by atoms with van der Waals surface area (Å²) in [5.74, 6) is -2.27. The first-order valence-electron chi connectivity index (χ1n) is 8.30. The topological polar surface area (TPSA) is 96.6 Å². The van der Waals surface area contributed by atoms with E-state index in [1.54, 1.807) is 48.5 Å². The minimum atomic E-state index is -1.44. The van der Waals surface area contributed by atoms with Crippen LogP contribution < -0.4 is 16.4 Å². The fraction of sp³-hybridized carbons (Fsp3) is 0.150. The van der Waals surface area contributed by atoms with Crippen molar-refractivity contribution in [2.45, 2.75) is 19.6 Å². The van der Waals surface area contributed by atoms with E-state index >= 15 is 0 Å². The van der Waals surface area contributed by atoms with Crippen molar-refractivity contribution in [3.8, 4) is 0 Å². The van der Waals surface area contributed by atoms with Gasteiger partial charge in [-0.15, -0.1) is 0 Å². The molecule has 138 valence electrons. The number of Topliss-reactive ketones (excluding diaryl/α,β-unsaturated/α-hetero) is 2. The molecule has 3 rings (SSSR count). The van der Waals surface area contributed by atoms with E-state index in [0.717, 1.165) is 6.21 Å². The molecule has 0 amide bonds. The summed E-state index contributed by atoms with van der Waals surface area (Å²) in [5, 5.41) is 5.73. The normalized spacial score (nSPS) is 18.8. The molecule has 0 fully saturated rings. The van der Waals surface area contributed by atoms with Crippen molar-refractivity contribution < 1.29 is 14.0 Å². The van der Waals surface area contributed by atoms with Crippen LogP contribution >= 0.6 is 0 Å². The lowest BCUT2D eigenvalue weighted by Crippen LogP contribution is -2.51. The highest BCUT2D eigenvalue weighted by molar-refractivity contribution is 5.95. The molecule has 1 aliphatic rings. The molecule has 0 aliphatic carbocycles. The number of nitrogens with two attached hydrogens (primary N) is 1. The summed E-state index contributed by atoms with van der Waals surface area (Å²) in [6.45, 7) is 2.91. The quantitative estimate of drug-likeness (QED) is 0.707. The Morgan fingerprint density at radius 1 is 1.07 bits per heavy atom. The number of allylic oxidation sites excluding steroid dienone is 1. The van der Waals surface area contributed by atoms with Crippen LogP contribution in [0.1, 0.15) is 40.1 Å². The maximum atomic E-state index is 14.3. The Bertz CT molecular complexity index is 983. The number of rotatable bonds is 5. The molecule has 2 aromatic rings. The standard InChI is InChI=1S/C20H19FN4O2/c1-12(26)14-5-3-7-16(9-14)20(22)23-11-18(21)19(25-20)24-17-8-4-6-15(10-17)13(2)27/h3-11,24-25H,22H2,1-2H3. The average Bonchev–Trinajstić information content (AvgIpc) is 2.65. The number of nitrogens with one attached hydrogen (secondary N) is 2. The summed E-state index contributed by atoms with van der Waals surface area (Å²) >= 11 is 0. The van der Waals surface area contributed by atoms with E-state index in [0.29, 0.717) is 22.4 Å². The highest BCUT2D eigenvalue weighted by Gasteiger charge is 2.31. The van der Waals surface area contributed by atoms with E-state index in [9.17, 15) is 14.0 Å². The summed E-state index contributed by atoms with van der Waals surface area (Å²) in [4.78, 5) is 27.2. The maximum Gasteiger partial charge on any atom is 0.210 e. The molecular formula is C20H19FN4O2. The molecule has 1 atom stereocenters. The summed E-state index contributed by atoms with van der Waals surface area (Å²) in [7, 11) is 0. The van der Waals surface area contributed by atoms with Crippen LogP contribution in [0.25, 0.3) is 0 Å². The number of hydrogen-bond donors (Lipinski definition) is 3. The predicted molar refractivity (Wildman–Crippen MR) is 102 cm³/mol. The second-order valence-corrected chi connectivity index (χ2v) is 6.27. The van der Waals surface area contributed by atoms with Gasteiger partial charge < -0.3 is 10.6 Å². The Hall–Kier alpha value is -3.32. The van der Waals surface area contributed by atoms with Gasteiger partial charge in [0.1, 0.15) is 5.82 Å². The van der Waals surface area contributed by atoms with Gasteiger partial charge in [0.05, 0.1) is 6.21 Å². The molecule has 4 N–H and O–H groups in total. The molecule has 6 nitrogen and oxygen atoms in total. The molecule has 1 aliphatic heterocycles. The van der Waals surface area contributed by atoms with Crippen molar-refractivity contribution in [1.82, 2.24) is 5.32 Å². The van der Waals surface area contributed by atoms with Gasteiger partial charge in [0.15, 0.2) is 17.4 Å². The van der Waals surface area contributed by atoms with E-state index in [-0.39, 0.29) is 17.4 Å². The SMILES string of the molecule is CC(=O)c1cccc(NC2=C(F)C=NC(N)(c3cccc(C(C)=O)c3)N2)c1. The Kier molecular flexibility index (Phi) is 4.87. The predicted octanol–water partition coefficient (Wildman–Crippen LogP) is 3.09. The number of anilines is 1. The Morgan fingerprint density at radius 2 is 1.70 bits per heavy atom. The second kappa shape index (κ2) is 7.13. The first kappa shape index (κ1) is 18.5. The largest absolute Gasteiger partial charge is 0.339 e. The van der Waals surface area contributed by atoms with Gasteiger partial charge in [0.2, 0.25) is 5.79 Å². The Labute approximate surface area is 156 Å². The van der Waals surface area contributed by atoms with Crippen molar-refractivity contribution in [1.29, 1.82) is 0 Å².